The van der Waals surface area contributed by atoms with Crippen molar-refractivity contribution in [1.29, 1.82) is 0 Å². The maximum atomic E-state index is 13.0. The molecular formula is C29H27F3N2O3. The molecule has 0 atom stereocenters. The number of aromatic nitrogens is 1. The molecule has 0 saturated heterocycles. The van der Waals surface area contributed by atoms with Gasteiger partial charge in [0.05, 0.1) is 31.2 Å². The summed E-state index contributed by atoms with van der Waals surface area (Å²) >= 11 is 0. The minimum Gasteiger partial charge on any atom is -0.497 e. The fourth-order valence-corrected chi connectivity index (χ4v) is 4.12. The second-order valence-corrected chi connectivity index (χ2v) is 8.44. The van der Waals surface area contributed by atoms with Gasteiger partial charge in [0.2, 0.25) is 0 Å². The third-order valence-electron chi connectivity index (χ3n) is 6.02. The number of methoxy groups -OCH3 is 2. The first kappa shape index (κ1) is 25.9. The van der Waals surface area contributed by atoms with Crippen LogP contribution in [-0.2, 0) is 17.6 Å². The van der Waals surface area contributed by atoms with E-state index in [1.165, 1.54) is 6.07 Å². The summed E-state index contributed by atoms with van der Waals surface area (Å²) in [7, 11) is 3.24. The molecule has 0 aliphatic rings. The van der Waals surface area contributed by atoms with E-state index < -0.39 is 11.7 Å². The topological polar surface area (TPSA) is 45.0 Å². The van der Waals surface area contributed by atoms with Crippen molar-refractivity contribution >= 4 is 5.71 Å². The minimum atomic E-state index is -4.41. The average molecular weight is 509 g/mol. The van der Waals surface area contributed by atoms with Gasteiger partial charge in [0.15, 0.2) is 0 Å². The molecule has 192 valence electrons. The monoisotopic (exact) mass is 508 g/mol. The van der Waals surface area contributed by atoms with Crippen molar-refractivity contribution in [2.75, 3.05) is 14.2 Å². The van der Waals surface area contributed by atoms with Crippen molar-refractivity contribution in [2.24, 2.45) is 5.16 Å². The molecule has 0 bridgehead atoms. The Morgan fingerprint density at radius 3 is 2.24 bits per heavy atom. The number of ether oxygens (including phenoxy) is 2. The number of hydrogen-bond donors (Lipinski definition) is 0. The van der Waals surface area contributed by atoms with Crippen LogP contribution in [0.5, 0.6) is 11.5 Å². The number of halogens is 3. The lowest BCUT2D eigenvalue weighted by atomic mass is 10.1. The lowest BCUT2D eigenvalue weighted by Crippen LogP contribution is -2.05. The zero-order chi connectivity index (χ0) is 26.6. The number of hydrogen-bond acceptors (Lipinski definition) is 4. The minimum absolute atomic E-state index is 0.0811. The van der Waals surface area contributed by atoms with Gasteiger partial charge in [-0.15, -0.1) is 0 Å². The summed E-state index contributed by atoms with van der Waals surface area (Å²) in [4.78, 5) is 5.46. The van der Waals surface area contributed by atoms with Gasteiger partial charge in [-0.2, -0.15) is 13.2 Å². The predicted octanol–water partition coefficient (Wildman–Crippen LogP) is 7.43. The molecule has 0 saturated carbocycles. The van der Waals surface area contributed by atoms with Crippen LogP contribution < -0.4 is 9.47 Å². The summed E-state index contributed by atoms with van der Waals surface area (Å²) in [6.45, 7) is 3.71. The molecule has 37 heavy (non-hydrogen) atoms. The van der Waals surface area contributed by atoms with Gasteiger partial charge >= 0.3 is 6.18 Å². The van der Waals surface area contributed by atoms with Crippen LogP contribution >= 0.6 is 0 Å². The Labute approximate surface area is 213 Å². The third kappa shape index (κ3) is 5.80. The Kier molecular flexibility index (Phi) is 7.57. The molecule has 4 rings (SSSR count). The van der Waals surface area contributed by atoms with Crippen LogP contribution in [0, 0.1) is 6.92 Å². The Morgan fingerprint density at radius 1 is 0.865 bits per heavy atom. The molecular weight excluding hydrogens is 481 g/mol. The quantitative estimate of drug-likeness (QED) is 0.184. The van der Waals surface area contributed by atoms with E-state index in [1.807, 2.05) is 68.4 Å². The first-order chi connectivity index (χ1) is 17.7. The van der Waals surface area contributed by atoms with Crippen molar-refractivity contribution in [3.63, 3.8) is 0 Å². The molecule has 8 heteroatoms. The average Bonchev–Trinajstić information content (AvgIpc) is 3.25. The largest absolute Gasteiger partial charge is 0.497 e. The van der Waals surface area contributed by atoms with Crippen molar-refractivity contribution in [3.8, 4) is 28.4 Å². The van der Waals surface area contributed by atoms with Crippen molar-refractivity contribution in [2.45, 2.75) is 26.6 Å². The third-order valence-corrected chi connectivity index (χ3v) is 6.02. The van der Waals surface area contributed by atoms with Gasteiger partial charge in [0, 0.05) is 22.5 Å². The number of rotatable bonds is 8. The highest BCUT2D eigenvalue weighted by Gasteiger charge is 2.30. The number of nitrogens with zero attached hydrogens (tertiary/aromatic N) is 2. The van der Waals surface area contributed by atoms with E-state index in [0.717, 1.165) is 51.8 Å². The fourth-order valence-electron chi connectivity index (χ4n) is 4.12. The Balaban J connectivity index is 1.69. The summed E-state index contributed by atoms with van der Waals surface area (Å²) in [5, 5.41) is 4.22. The lowest BCUT2D eigenvalue weighted by molar-refractivity contribution is -0.137. The molecule has 3 aromatic carbocycles. The maximum absolute atomic E-state index is 13.0. The van der Waals surface area contributed by atoms with Crippen LogP contribution in [0.25, 0.3) is 16.9 Å². The normalized spacial score (nSPS) is 11.9. The first-order valence-electron chi connectivity index (χ1n) is 11.6. The molecule has 0 unspecified atom stereocenters. The smallest absolute Gasteiger partial charge is 0.416 e. The molecule has 0 amide bonds. The zero-order valence-corrected chi connectivity index (χ0v) is 21.0. The van der Waals surface area contributed by atoms with Crippen LogP contribution in [-0.4, -0.2) is 24.5 Å². The molecule has 0 aliphatic carbocycles. The van der Waals surface area contributed by atoms with Crippen LogP contribution in [0.3, 0.4) is 0 Å². The Bertz CT molecular complexity index is 1410. The lowest BCUT2D eigenvalue weighted by Gasteiger charge is -2.14. The molecule has 1 aromatic heterocycles. The van der Waals surface area contributed by atoms with Gasteiger partial charge in [-0.1, -0.05) is 29.4 Å². The number of benzene rings is 3. The van der Waals surface area contributed by atoms with Gasteiger partial charge in [-0.05, 0) is 74.0 Å². The molecule has 0 radical (unpaired) electrons. The fraction of sp³-hybridized carbons (Fsp3) is 0.207. The van der Waals surface area contributed by atoms with Gasteiger partial charge < -0.3 is 18.9 Å². The molecule has 0 spiro atoms. The summed E-state index contributed by atoms with van der Waals surface area (Å²) < 4.78 is 51.9. The second-order valence-electron chi connectivity index (χ2n) is 8.44. The molecule has 1 heterocycles. The molecule has 5 nitrogen and oxygen atoms in total. The highest BCUT2D eigenvalue weighted by molar-refractivity contribution is 6.01. The summed E-state index contributed by atoms with van der Waals surface area (Å²) in [6.07, 6.45) is -4.41. The van der Waals surface area contributed by atoms with Gasteiger partial charge in [0.25, 0.3) is 0 Å². The maximum Gasteiger partial charge on any atom is 0.416 e. The van der Waals surface area contributed by atoms with Crippen LogP contribution in [0.4, 0.5) is 13.2 Å². The summed E-state index contributed by atoms with van der Waals surface area (Å²) in [5.74, 6) is 1.48. The van der Waals surface area contributed by atoms with Crippen LogP contribution in [0.1, 0.15) is 29.3 Å². The Hall–Kier alpha value is -4.20. The van der Waals surface area contributed by atoms with E-state index in [0.29, 0.717) is 11.3 Å². The van der Waals surface area contributed by atoms with Crippen molar-refractivity contribution in [1.82, 2.24) is 4.57 Å². The number of alkyl halides is 3. The van der Waals surface area contributed by atoms with E-state index in [2.05, 4.69) is 9.72 Å². The van der Waals surface area contributed by atoms with Crippen molar-refractivity contribution < 1.29 is 27.5 Å². The molecule has 0 aliphatic heterocycles. The zero-order valence-electron chi connectivity index (χ0n) is 21.0. The second kappa shape index (κ2) is 10.8. The standard InChI is InChI=1S/C29H27F3N2O3/c1-19(33-37-18-21-7-5-9-23(15-21)29(30,31)32)27-17-28(22-8-6-10-26(16-22)36-4)34(20(27)2)24-11-13-25(35-3)14-12-24/h5-17H,18H2,1-4H3. The van der Waals surface area contributed by atoms with E-state index >= 15 is 0 Å². The van der Waals surface area contributed by atoms with Crippen molar-refractivity contribution in [3.05, 3.63) is 101 Å². The SMILES string of the molecule is COc1ccc(-n2c(-c3cccc(OC)c3)cc(C(C)=NOCc3cccc(C(F)(F)F)c3)c2C)cc1. The first-order valence-corrected chi connectivity index (χ1v) is 11.6. The summed E-state index contributed by atoms with van der Waals surface area (Å²) in [5.41, 5.74) is 4.83. The highest BCUT2D eigenvalue weighted by atomic mass is 19.4. The van der Waals surface area contributed by atoms with E-state index in [-0.39, 0.29) is 6.61 Å². The number of oxime groups is 1. The molecule has 4 aromatic rings. The van der Waals surface area contributed by atoms with Gasteiger partial charge in [-0.3, -0.25) is 0 Å². The van der Waals surface area contributed by atoms with Crippen LogP contribution in [0.15, 0.2) is 84.0 Å². The predicted molar refractivity (Wildman–Crippen MR) is 137 cm³/mol. The van der Waals surface area contributed by atoms with E-state index in [4.69, 9.17) is 14.3 Å². The van der Waals surface area contributed by atoms with E-state index in [9.17, 15) is 13.2 Å². The van der Waals surface area contributed by atoms with Gasteiger partial charge in [0.1, 0.15) is 18.1 Å². The highest BCUT2D eigenvalue weighted by Crippen LogP contribution is 2.33. The van der Waals surface area contributed by atoms with E-state index in [1.54, 1.807) is 20.3 Å². The molecule has 0 fully saturated rings. The van der Waals surface area contributed by atoms with Gasteiger partial charge in [-0.25, -0.2) is 0 Å². The van der Waals surface area contributed by atoms with Crippen LogP contribution in [0.2, 0.25) is 0 Å². The summed E-state index contributed by atoms with van der Waals surface area (Å²) in [6, 6.07) is 22.5. The molecule has 0 N–H and O–H groups in total. The Morgan fingerprint density at radius 2 is 1.57 bits per heavy atom.